The van der Waals surface area contributed by atoms with E-state index in [0.29, 0.717) is 31.4 Å². The molecule has 1 saturated carbocycles. The first kappa shape index (κ1) is 14.7. The van der Waals surface area contributed by atoms with Crippen LogP contribution in [-0.4, -0.2) is 35.5 Å². The van der Waals surface area contributed by atoms with Crippen molar-refractivity contribution in [3.8, 4) is 11.5 Å². The van der Waals surface area contributed by atoms with Gasteiger partial charge in [-0.1, -0.05) is 0 Å². The van der Waals surface area contributed by atoms with Crippen molar-refractivity contribution >= 4 is 5.97 Å². The molecule has 0 unspecified atom stereocenters. The molecule has 5 nitrogen and oxygen atoms in total. The Bertz CT molecular complexity index is 446. The van der Waals surface area contributed by atoms with Crippen LogP contribution in [0.5, 0.6) is 11.5 Å². The predicted molar refractivity (Wildman–Crippen MR) is 73.0 cm³/mol. The molecule has 1 aliphatic carbocycles. The van der Waals surface area contributed by atoms with Crippen LogP contribution in [0.4, 0.5) is 0 Å². The van der Waals surface area contributed by atoms with Crippen molar-refractivity contribution in [2.75, 3.05) is 13.7 Å². The Labute approximate surface area is 118 Å². The van der Waals surface area contributed by atoms with E-state index >= 15 is 0 Å². The fourth-order valence-corrected chi connectivity index (χ4v) is 2.44. The maximum absolute atomic E-state index is 10.9. The maximum Gasteiger partial charge on any atom is 0.306 e. The van der Waals surface area contributed by atoms with E-state index in [-0.39, 0.29) is 12.5 Å². The van der Waals surface area contributed by atoms with E-state index in [1.807, 2.05) is 0 Å². The third-order valence-electron chi connectivity index (χ3n) is 3.83. The highest BCUT2D eigenvalue weighted by Crippen LogP contribution is 2.33. The number of carboxylic acids is 1. The van der Waals surface area contributed by atoms with Crippen molar-refractivity contribution in [3.05, 3.63) is 24.3 Å². The van der Waals surface area contributed by atoms with Gasteiger partial charge in [0.15, 0.2) is 0 Å². The lowest BCUT2D eigenvalue weighted by atomic mass is 9.79. The number of ether oxygens (including phenoxy) is 2. The highest BCUT2D eigenvalue weighted by Gasteiger charge is 2.36. The van der Waals surface area contributed by atoms with Gasteiger partial charge in [0, 0.05) is 0 Å². The molecule has 0 aliphatic heterocycles. The van der Waals surface area contributed by atoms with Crippen LogP contribution in [0.25, 0.3) is 0 Å². The number of hydrogen-bond donors (Lipinski definition) is 2. The number of carbonyl (C=O) groups is 1. The van der Waals surface area contributed by atoms with Gasteiger partial charge in [0.25, 0.3) is 0 Å². The smallest absolute Gasteiger partial charge is 0.306 e. The van der Waals surface area contributed by atoms with Crippen LogP contribution in [0.1, 0.15) is 25.7 Å². The topological polar surface area (TPSA) is 76.0 Å². The fourth-order valence-electron chi connectivity index (χ4n) is 2.44. The Morgan fingerprint density at radius 3 is 2.30 bits per heavy atom. The molecule has 0 amide bonds. The summed E-state index contributed by atoms with van der Waals surface area (Å²) in [6.07, 6.45) is 1.91. The van der Waals surface area contributed by atoms with Crippen LogP contribution in [-0.2, 0) is 4.79 Å². The molecule has 0 aromatic heterocycles. The van der Waals surface area contributed by atoms with Gasteiger partial charge >= 0.3 is 5.97 Å². The first-order valence-electron chi connectivity index (χ1n) is 6.74. The van der Waals surface area contributed by atoms with Crippen molar-refractivity contribution in [2.45, 2.75) is 31.3 Å². The fraction of sp³-hybridized carbons (Fsp3) is 0.533. The van der Waals surface area contributed by atoms with Gasteiger partial charge in [-0.25, -0.2) is 0 Å². The second-order valence-electron chi connectivity index (χ2n) is 5.30. The van der Waals surface area contributed by atoms with Gasteiger partial charge in [0.1, 0.15) is 18.1 Å². The highest BCUT2D eigenvalue weighted by atomic mass is 16.5. The number of benzene rings is 1. The van der Waals surface area contributed by atoms with E-state index in [1.54, 1.807) is 31.4 Å². The van der Waals surface area contributed by atoms with E-state index in [1.165, 1.54) is 0 Å². The predicted octanol–water partition coefficient (Wildman–Crippen LogP) is 2.08. The minimum Gasteiger partial charge on any atom is -0.497 e. The Morgan fingerprint density at radius 1 is 1.25 bits per heavy atom. The molecule has 0 radical (unpaired) electrons. The second kappa shape index (κ2) is 6.13. The average molecular weight is 280 g/mol. The Morgan fingerprint density at radius 2 is 1.80 bits per heavy atom. The molecule has 110 valence electrons. The van der Waals surface area contributed by atoms with Crippen LogP contribution < -0.4 is 9.47 Å². The van der Waals surface area contributed by atoms with Gasteiger partial charge < -0.3 is 19.7 Å². The summed E-state index contributed by atoms with van der Waals surface area (Å²) in [5, 5.41) is 19.3. The quantitative estimate of drug-likeness (QED) is 0.863. The van der Waals surface area contributed by atoms with Crippen LogP contribution in [0, 0.1) is 5.92 Å². The summed E-state index contributed by atoms with van der Waals surface area (Å²) in [6, 6.07) is 7.15. The van der Waals surface area contributed by atoms with E-state index in [9.17, 15) is 9.90 Å². The number of aliphatic carboxylic acids is 1. The zero-order valence-corrected chi connectivity index (χ0v) is 11.5. The first-order chi connectivity index (χ1) is 9.52. The Hall–Kier alpha value is -1.75. The summed E-state index contributed by atoms with van der Waals surface area (Å²) < 4.78 is 10.6. The lowest BCUT2D eigenvalue weighted by molar-refractivity contribution is -0.145. The molecular formula is C15H20O5. The molecule has 2 N–H and O–H groups in total. The second-order valence-corrected chi connectivity index (χ2v) is 5.30. The van der Waals surface area contributed by atoms with Crippen molar-refractivity contribution in [1.29, 1.82) is 0 Å². The van der Waals surface area contributed by atoms with Crippen molar-refractivity contribution in [3.63, 3.8) is 0 Å². The SMILES string of the molecule is COc1ccc(OCC2(O)CCC(C(=O)O)CC2)cc1. The molecule has 0 atom stereocenters. The lowest BCUT2D eigenvalue weighted by Crippen LogP contribution is -2.41. The van der Waals surface area contributed by atoms with Gasteiger partial charge in [0.2, 0.25) is 0 Å². The molecule has 1 aromatic carbocycles. The molecule has 20 heavy (non-hydrogen) atoms. The van der Waals surface area contributed by atoms with Crippen LogP contribution in [0.15, 0.2) is 24.3 Å². The van der Waals surface area contributed by atoms with Crippen molar-refractivity contribution in [1.82, 2.24) is 0 Å². The van der Waals surface area contributed by atoms with Gasteiger partial charge in [0.05, 0.1) is 18.6 Å². The summed E-state index contributed by atoms with van der Waals surface area (Å²) in [5.74, 6) is 0.303. The monoisotopic (exact) mass is 280 g/mol. The zero-order valence-electron chi connectivity index (χ0n) is 11.5. The van der Waals surface area contributed by atoms with Crippen LogP contribution >= 0.6 is 0 Å². The molecule has 1 fully saturated rings. The summed E-state index contributed by atoms with van der Waals surface area (Å²) in [7, 11) is 1.60. The minimum atomic E-state index is -0.925. The first-order valence-corrected chi connectivity index (χ1v) is 6.74. The molecule has 2 rings (SSSR count). The molecular weight excluding hydrogens is 260 g/mol. The molecule has 0 bridgehead atoms. The molecule has 0 saturated heterocycles. The molecule has 0 spiro atoms. The van der Waals surface area contributed by atoms with E-state index in [0.717, 1.165) is 5.75 Å². The van der Waals surface area contributed by atoms with Gasteiger partial charge in [-0.2, -0.15) is 0 Å². The molecule has 1 aliphatic rings. The van der Waals surface area contributed by atoms with Crippen LogP contribution in [0.3, 0.4) is 0 Å². The van der Waals surface area contributed by atoms with Crippen LogP contribution in [0.2, 0.25) is 0 Å². The minimum absolute atomic E-state index is 0.186. The summed E-state index contributed by atoms with van der Waals surface area (Å²) >= 11 is 0. The maximum atomic E-state index is 10.9. The number of aliphatic hydroxyl groups is 1. The molecule has 1 aromatic rings. The normalized spacial score (nSPS) is 26.0. The largest absolute Gasteiger partial charge is 0.497 e. The van der Waals surface area contributed by atoms with E-state index in [2.05, 4.69) is 0 Å². The molecule has 5 heteroatoms. The highest BCUT2D eigenvalue weighted by molar-refractivity contribution is 5.70. The zero-order chi connectivity index (χ0) is 14.6. The Balaban J connectivity index is 1.85. The number of hydrogen-bond acceptors (Lipinski definition) is 4. The summed E-state index contributed by atoms with van der Waals surface area (Å²) in [5.41, 5.74) is -0.925. The van der Waals surface area contributed by atoms with Crippen molar-refractivity contribution in [2.24, 2.45) is 5.92 Å². The third-order valence-corrected chi connectivity index (χ3v) is 3.83. The van der Waals surface area contributed by atoms with Crippen molar-refractivity contribution < 1.29 is 24.5 Å². The average Bonchev–Trinajstić information content (AvgIpc) is 2.46. The van der Waals surface area contributed by atoms with E-state index in [4.69, 9.17) is 14.6 Å². The lowest BCUT2D eigenvalue weighted by Gasteiger charge is -2.34. The van der Waals surface area contributed by atoms with Gasteiger partial charge in [-0.05, 0) is 49.9 Å². The van der Waals surface area contributed by atoms with Gasteiger partial charge in [-0.15, -0.1) is 0 Å². The standard InChI is InChI=1S/C15H20O5/c1-19-12-2-4-13(5-3-12)20-10-15(18)8-6-11(7-9-15)14(16)17/h2-5,11,18H,6-10H2,1H3,(H,16,17). The number of methoxy groups -OCH3 is 1. The van der Waals surface area contributed by atoms with E-state index < -0.39 is 11.6 Å². The summed E-state index contributed by atoms with van der Waals surface area (Å²) in [4.78, 5) is 10.9. The Kier molecular flexibility index (Phi) is 4.49. The summed E-state index contributed by atoms with van der Waals surface area (Å²) in [6.45, 7) is 0.186. The number of rotatable bonds is 5. The molecule has 0 heterocycles. The van der Waals surface area contributed by atoms with Gasteiger partial charge in [-0.3, -0.25) is 4.79 Å². The third kappa shape index (κ3) is 3.63. The number of carboxylic acid groups (broad SMARTS) is 1.